The van der Waals surface area contributed by atoms with Crippen LogP contribution in [0.2, 0.25) is 0 Å². The van der Waals surface area contributed by atoms with Gasteiger partial charge in [-0.3, -0.25) is 0 Å². The van der Waals surface area contributed by atoms with Gasteiger partial charge in [-0.1, -0.05) is 6.92 Å². The van der Waals surface area contributed by atoms with Crippen molar-refractivity contribution < 1.29 is 0 Å². The SMILES string of the molecule is CC(S)CCSC(CS)CSC(CS)CSCCS. The van der Waals surface area contributed by atoms with E-state index in [0.717, 1.165) is 23.0 Å². The van der Waals surface area contributed by atoms with Gasteiger partial charge >= 0.3 is 0 Å². The standard InChI is InChI=1S/C12H26S7/c1-10(16)2-4-18-12(7-15)9-19-11(6-14)8-17-5-3-13/h10-16H,2-9H2,1H3. The van der Waals surface area contributed by atoms with Crippen LogP contribution >= 0.6 is 85.8 Å². The summed E-state index contributed by atoms with van der Waals surface area (Å²) in [6, 6.07) is 0. The first-order valence-electron chi connectivity index (χ1n) is 6.45. The van der Waals surface area contributed by atoms with Crippen molar-refractivity contribution in [3.63, 3.8) is 0 Å². The molecule has 0 amide bonds. The first-order chi connectivity index (χ1) is 9.13. The molecule has 0 radical (unpaired) electrons. The second-order valence-corrected chi connectivity index (χ2v) is 10.2. The molecule has 0 aromatic carbocycles. The molecule has 0 aromatic rings. The average Bonchev–Trinajstić information content (AvgIpc) is 2.40. The molecule has 3 atom stereocenters. The molecule has 116 valence electrons. The van der Waals surface area contributed by atoms with Crippen LogP contribution in [0, 0.1) is 0 Å². The minimum absolute atomic E-state index is 0.503. The molecule has 0 saturated carbocycles. The number of thioether (sulfide) groups is 3. The molecule has 0 N–H and O–H groups in total. The van der Waals surface area contributed by atoms with Gasteiger partial charge in [0.1, 0.15) is 0 Å². The van der Waals surface area contributed by atoms with Crippen molar-refractivity contribution in [3.05, 3.63) is 0 Å². The molecule has 0 spiro atoms. The molecule has 0 aliphatic heterocycles. The third-order valence-electron chi connectivity index (χ3n) is 2.35. The molecule has 0 saturated heterocycles. The molecule has 0 fully saturated rings. The Labute approximate surface area is 154 Å². The fourth-order valence-corrected chi connectivity index (χ4v) is 6.78. The molecule has 0 heterocycles. The summed E-state index contributed by atoms with van der Waals surface area (Å²) in [6.07, 6.45) is 1.18. The van der Waals surface area contributed by atoms with E-state index in [-0.39, 0.29) is 0 Å². The topological polar surface area (TPSA) is 0 Å². The van der Waals surface area contributed by atoms with Crippen LogP contribution < -0.4 is 0 Å². The number of hydrogen-bond donors (Lipinski definition) is 4. The van der Waals surface area contributed by atoms with E-state index in [1.165, 1.54) is 23.7 Å². The van der Waals surface area contributed by atoms with E-state index in [1.807, 2.05) is 23.5 Å². The zero-order chi connectivity index (χ0) is 14.5. The number of hydrogen-bond acceptors (Lipinski definition) is 7. The maximum absolute atomic E-state index is 4.47. The summed E-state index contributed by atoms with van der Waals surface area (Å²) in [6.45, 7) is 2.16. The lowest BCUT2D eigenvalue weighted by Crippen LogP contribution is -2.16. The Morgan fingerprint density at radius 3 is 2.05 bits per heavy atom. The molecule has 0 aromatic heterocycles. The zero-order valence-electron chi connectivity index (χ0n) is 11.4. The predicted octanol–water partition coefficient (Wildman–Crippen LogP) is 4.42. The monoisotopic (exact) mass is 394 g/mol. The van der Waals surface area contributed by atoms with E-state index in [2.05, 4.69) is 69.2 Å². The summed E-state index contributed by atoms with van der Waals surface area (Å²) in [7, 11) is 0. The highest BCUT2D eigenvalue weighted by Crippen LogP contribution is 2.25. The maximum atomic E-state index is 4.47. The van der Waals surface area contributed by atoms with Gasteiger partial charge in [0.05, 0.1) is 0 Å². The van der Waals surface area contributed by atoms with Gasteiger partial charge in [-0.05, 0) is 23.2 Å². The summed E-state index contributed by atoms with van der Waals surface area (Å²) in [5.41, 5.74) is 0. The van der Waals surface area contributed by atoms with Crippen LogP contribution in [0.4, 0.5) is 0 Å². The largest absolute Gasteiger partial charge is 0.179 e. The molecule has 19 heavy (non-hydrogen) atoms. The van der Waals surface area contributed by atoms with E-state index in [0.29, 0.717) is 15.7 Å². The van der Waals surface area contributed by atoms with E-state index in [1.54, 1.807) is 0 Å². The Kier molecular flexibility index (Phi) is 17.3. The Balaban J connectivity index is 3.76. The first-order valence-corrected chi connectivity index (χ1v) is 12.1. The quantitative estimate of drug-likeness (QED) is 0.270. The van der Waals surface area contributed by atoms with Crippen molar-refractivity contribution in [1.29, 1.82) is 0 Å². The van der Waals surface area contributed by atoms with Crippen molar-refractivity contribution in [2.24, 2.45) is 0 Å². The summed E-state index contributed by atoms with van der Waals surface area (Å²) in [4.78, 5) is 0. The Morgan fingerprint density at radius 2 is 1.53 bits per heavy atom. The second kappa shape index (κ2) is 15.3. The van der Waals surface area contributed by atoms with E-state index in [9.17, 15) is 0 Å². The van der Waals surface area contributed by atoms with Gasteiger partial charge in [-0.25, -0.2) is 0 Å². The molecule has 3 unspecified atom stereocenters. The molecule has 0 rings (SSSR count). The van der Waals surface area contributed by atoms with Crippen LogP contribution in [0.15, 0.2) is 0 Å². The number of rotatable bonds is 13. The fourth-order valence-electron chi connectivity index (χ4n) is 1.24. The molecule has 7 heteroatoms. The van der Waals surface area contributed by atoms with Gasteiger partial charge in [0, 0.05) is 39.3 Å². The highest BCUT2D eigenvalue weighted by Gasteiger charge is 2.13. The van der Waals surface area contributed by atoms with Gasteiger partial charge in [-0.15, -0.1) is 0 Å². The van der Waals surface area contributed by atoms with E-state index < -0.39 is 0 Å². The summed E-state index contributed by atoms with van der Waals surface area (Å²) < 4.78 is 0. The summed E-state index contributed by atoms with van der Waals surface area (Å²) in [5.74, 6) is 7.58. The van der Waals surface area contributed by atoms with Crippen molar-refractivity contribution in [2.75, 3.05) is 40.3 Å². The second-order valence-electron chi connectivity index (χ2n) is 4.25. The lowest BCUT2D eigenvalue weighted by Gasteiger charge is -2.18. The minimum Gasteiger partial charge on any atom is -0.179 e. The first kappa shape index (κ1) is 21.4. The van der Waals surface area contributed by atoms with Crippen molar-refractivity contribution in [3.8, 4) is 0 Å². The lowest BCUT2D eigenvalue weighted by molar-refractivity contribution is 0.921. The van der Waals surface area contributed by atoms with Gasteiger partial charge in [0.25, 0.3) is 0 Å². The minimum atomic E-state index is 0.503. The van der Waals surface area contributed by atoms with Crippen molar-refractivity contribution >= 4 is 85.8 Å². The Hall–Kier alpha value is 2.45. The molecular weight excluding hydrogens is 369 g/mol. The van der Waals surface area contributed by atoms with Crippen LogP contribution in [0.3, 0.4) is 0 Å². The zero-order valence-corrected chi connectivity index (χ0v) is 17.4. The predicted molar refractivity (Wildman–Crippen MR) is 114 cm³/mol. The van der Waals surface area contributed by atoms with Crippen LogP contribution in [-0.2, 0) is 0 Å². The van der Waals surface area contributed by atoms with Crippen LogP contribution in [0.25, 0.3) is 0 Å². The fraction of sp³-hybridized carbons (Fsp3) is 1.00. The normalized spacial score (nSPS) is 16.3. The highest BCUT2D eigenvalue weighted by atomic mass is 32.2. The van der Waals surface area contributed by atoms with Crippen molar-refractivity contribution in [2.45, 2.75) is 29.1 Å². The molecule has 0 aliphatic rings. The van der Waals surface area contributed by atoms with Crippen LogP contribution in [0.5, 0.6) is 0 Å². The van der Waals surface area contributed by atoms with Crippen LogP contribution in [-0.4, -0.2) is 56.0 Å². The maximum Gasteiger partial charge on any atom is 0.0226 e. The number of thiol groups is 4. The van der Waals surface area contributed by atoms with Gasteiger partial charge in [0.2, 0.25) is 0 Å². The smallest absolute Gasteiger partial charge is 0.0226 e. The van der Waals surface area contributed by atoms with Crippen molar-refractivity contribution in [1.82, 2.24) is 0 Å². The Bertz CT molecular complexity index is 189. The molecule has 0 bridgehead atoms. The van der Waals surface area contributed by atoms with Crippen LogP contribution in [0.1, 0.15) is 13.3 Å². The van der Waals surface area contributed by atoms with E-state index in [4.69, 9.17) is 0 Å². The van der Waals surface area contributed by atoms with Gasteiger partial charge in [-0.2, -0.15) is 85.8 Å². The Morgan fingerprint density at radius 1 is 0.895 bits per heavy atom. The van der Waals surface area contributed by atoms with Gasteiger partial charge in [0.15, 0.2) is 0 Å². The van der Waals surface area contributed by atoms with E-state index >= 15 is 0 Å². The molecule has 0 aliphatic carbocycles. The van der Waals surface area contributed by atoms with Gasteiger partial charge < -0.3 is 0 Å². The molecular formula is C12H26S7. The lowest BCUT2D eigenvalue weighted by atomic mass is 10.4. The third-order valence-corrected chi connectivity index (χ3v) is 8.74. The third kappa shape index (κ3) is 13.8. The molecule has 0 nitrogen and oxygen atoms in total. The highest BCUT2D eigenvalue weighted by molar-refractivity contribution is 8.05. The summed E-state index contributed by atoms with van der Waals surface area (Å²) >= 11 is 23.7. The summed E-state index contributed by atoms with van der Waals surface area (Å²) in [5, 5.41) is 1.81. The average molecular weight is 395 g/mol.